The number of rotatable bonds is 4. The summed E-state index contributed by atoms with van der Waals surface area (Å²) >= 11 is 0. The molecule has 0 atom stereocenters. The van der Waals surface area contributed by atoms with E-state index >= 15 is 4.39 Å². The molecule has 1 aromatic heterocycles. The van der Waals surface area contributed by atoms with Crippen LogP contribution in [0, 0.1) is 12.7 Å². The van der Waals surface area contributed by atoms with Crippen LogP contribution < -0.4 is 22.0 Å². The molecule has 1 aliphatic heterocycles. The van der Waals surface area contributed by atoms with E-state index in [9.17, 15) is 14.4 Å². The first-order valence-electron chi connectivity index (χ1n) is 11.6. The minimum absolute atomic E-state index is 0.0890. The van der Waals surface area contributed by atoms with Gasteiger partial charge in [0, 0.05) is 25.9 Å². The van der Waals surface area contributed by atoms with Crippen LogP contribution in [0.25, 0.3) is 11.1 Å². The summed E-state index contributed by atoms with van der Waals surface area (Å²) in [5, 5.41) is 2.47. The Kier molecular flexibility index (Phi) is 6.30. The van der Waals surface area contributed by atoms with E-state index in [1.807, 2.05) is 46.8 Å². The molecule has 0 unspecified atom stereocenters. The largest absolute Gasteiger partial charge is 0.495 e. The van der Waals surface area contributed by atoms with Gasteiger partial charge in [0.05, 0.1) is 16.9 Å². The van der Waals surface area contributed by atoms with Crippen molar-refractivity contribution in [3.8, 4) is 11.1 Å². The Morgan fingerprint density at radius 1 is 0.972 bits per heavy atom. The molecule has 1 fully saturated rings. The fourth-order valence-corrected chi connectivity index (χ4v) is 4.16. The molecule has 2 aromatic carbocycles. The van der Waals surface area contributed by atoms with Crippen molar-refractivity contribution in [2.24, 2.45) is 14.1 Å². The molecule has 4 rings (SSSR count). The summed E-state index contributed by atoms with van der Waals surface area (Å²) in [6.45, 7) is 9.74. The molecule has 0 radical (unpaired) electrons. The van der Waals surface area contributed by atoms with Crippen LogP contribution in [-0.2, 0) is 23.4 Å². The lowest BCUT2D eigenvalue weighted by atomic mass is 9.74. The molecule has 1 amide bonds. The van der Waals surface area contributed by atoms with Crippen molar-refractivity contribution < 1.29 is 18.5 Å². The Morgan fingerprint density at radius 3 is 2.19 bits per heavy atom. The Morgan fingerprint density at radius 2 is 1.56 bits per heavy atom. The second kappa shape index (κ2) is 8.87. The standard InChI is InChI=1S/C26H29BFN3O5/c1-15-16(10-8-12-19(15)27-35-25(2,3)26(4,5)36-27)17-11-9-13-20(21(17)28)29-22(32)18-14-30(6)24(34)31(7)23(18)33/h8-14H,1-7H3,(H,29,32). The Balaban J connectivity index is 1.70. The molecule has 0 bridgehead atoms. The molecule has 1 N–H and O–H groups in total. The Labute approximate surface area is 208 Å². The highest BCUT2D eigenvalue weighted by molar-refractivity contribution is 6.62. The molecule has 0 saturated carbocycles. The van der Waals surface area contributed by atoms with Gasteiger partial charge in [-0.15, -0.1) is 0 Å². The van der Waals surface area contributed by atoms with Crippen LogP contribution in [0.5, 0.6) is 0 Å². The van der Waals surface area contributed by atoms with Gasteiger partial charge in [-0.05, 0) is 57.3 Å². The molecule has 3 aromatic rings. The fourth-order valence-electron chi connectivity index (χ4n) is 4.16. The van der Waals surface area contributed by atoms with Crippen molar-refractivity contribution >= 4 is 24.2 Å². The molecule has 2 heterocycles. The highest BCUT2D eigenvalue weighted by Crippen LogP contribution is 2.37. The Bertz CT molecular complexity index is 1480. The first-order valence-corrected chi connectivity index (χ1v) is 11.6. The third-order valence-corrected chi connectivity index (χ3v) is 7.11. The number of hydrogen-bond donors (Lipinski definition) is 1. The summed E-state index contributed by atoms with van der Waals surface area (Å²) in [5.41, 5.74) is -0.275. The summed E-state index contributed by atoms with van der Waals surface area (Å²) in [6.07, 6.45) is 1.14. The van der Waals surface area contributed by atoms with E-state index < -0.39 is 41.3 Å². The monoisotopic (exact) mass is 493 g/mol. The Hall–Kier alpha value is -3.50. The van der Waals surface area contributed by atoms with E-state index in [2.05, 4.69) is 5.32 Å². The lowest BCUT2D eigenvalue weighted by molar-refractivity contribution is 0.00578. The van der Waals surface area contributed by atoms with Gasteiger partial charge in [0.1, 0.15) is 5.56 Å². The lowest BCUT2D eigenvalue weighted by Crippen LogP contribution is -2.41. The second-order valence-corrected chi connectivity index (χ2v) is 10.0. The zero-order valence-corrected chi connectivity index (χ0v) is 21.4. The molecule has 10 heteroatoms. The topological polar surface area (TPSA) is 91.6 Å². The number of nitrogens with zero attached hydrogens (tertiary/aromatic N) is 2. The minimum atomic E-state index is -0.815. The van der Waals surface area contributed by atoms with Crippen LogP contribution in [0.4, 0.5) is 10.1 Å². The van der Waals surface area contributed by atoms with Crippen molar-refractivity contribution in [1.82, 2.24) is 9.13 Å². The van der Waals surface area contributed by atoms with E-state index in [1.165, 1.54) is 20.2 Å². The molecule has 0 spiro atoms. The zero-order valence-electron chi connectivity index (χ0n) is 21.4. The number of aryl methyl sites for hydroxylation is 1. The first kappa shape index (κ1) is 25.6. The smallest absolute Gasteiger partial charge is 0.399 e. The highest BCUT2D eigenvalue weighted by atomic mass is 19.1. The SMILES string of the molecule is Cc1c(B2OC(C)(C)C(C)(C)O2)cccc1-c1cccc(NC(=O)c2cn(C)c(=O)n(C)c2=O)c1F. The molecule has 0 aliphatic carbocycles. The molecule has 188 valence electrons. The summed E-state index contributed by atoms with van der Waals surface area (Å²) in [4.78, 5) is 37.2. The maximum Gasteiger partial charge on any atom is 0.495 e. The van der Waals surface area contributed by atoms with Crippen molar-refractivity contribution in [3.63, 3.8) is 0 Å². The number of nitrogens with one attached hydrogen (secondary N) is 1. The van der Waals surface area contributed by atoms with E-state index in [1.54, 1.807) is 18.2 Å². The summed E-state index contributed by atoms with van der Waals surface area (Å²) < 4.78 is 30.0. The van der Waals surface area contributed by atoms with Crippen molar-refractivity contribution in [3.05, 3.63) is 80.4 Å². The third kappa shape index (κ3) is 4.20. The van der Waals surface area contributed by atoms with Crippen LogP contribution in [0.1, 0.15) is 43.6 Å². The maximum atomic E-state index is 15.7. The summed E-state index contributed by atoms with van der Waals surface area (Å²) in [6, 6.07) is 10.1. The van der Waals surface area contributed by atoms with E-state index in [-0.39, 0.29) is 16.8 Å². The number of halogens is 1. The third-order valence-electron chi connectivity index (χ3n) is 7.11. The normalized spacial score (nSPS) is 16.3. The molecule has 1 saturated heterocycles. The summed E-state index contributed by atoms with van der Waals surface area (Å²) in [7, 11) is 2.09. The van der Waals surface area contributed by atoms with Gasteiger partial charge in [0.25, 0.3) is 11.5 Å². The summed E-state index contributed by atoms with van der Waals surface area (Å²) in [5.74, 6) is -1.47. The van der Waals surface area contributed by atoms with E-state index in [0.29, 0.717) is 5.56 Å². The molecular weight excluding hydrogens is 464 g/mol. The molecule has 8 nitrogen and oxygen atoms in total. The van der Waals surface area contributed by atoms with Gasteiger partial charge in [-0.25, -0.2) is 9.18 Å². The van der Waals surface area contributed by atoms with Gasteiger partial charge < -0.3 is 19.2 Å². The average molecular weight is 493 g/mol. The predicted octanol–water partition coefficient (Wildman–Crippen LogP) is 2.75. The van der Waals surface area contributed by atoms with Crippen LogP contribution in [0.2, 0.25) is 0 Å². The van der Waals surface area contributed by atoms with Crippen molar-refractivity contribution in [1.29, 1.82) is 0 Å². The number of hydrogen-bond acceptors (Lipinski definition) is 5. The molecular formula is C26H29BFN3O5. The number of anilines is 1. The van der Waals surface area contributed by atoms with Gasteiger partial charge in [0.15, 0.2) is 5.82 Å². The van der Waals surface area contributed by atoms with Crippen LogP contribution >= 0.6 is 0 Å². The van der Waals surface area contributed by atoms with Crippen LogP contribution in [0.15, 0.2) is 52.2 Å². The second-order valence-electron chi connectivity index (χ2n) is 10.0. The van der Waals surface area contributed by atoms with Gasteiger partial charge in [-0.3, -0.25) is 14.2 Å². The highest BCUT2D eigenvalue weighted by Gasteiger charge is 2.52. The van der Waals surface area contributed by atoms with Gasteiger partial charge in [-0.1, -0.05) is 30.3 Å². The minimum Gasteiger partial charge on any atom is -0.399 e. The van der Waals surface area contributed by atoms with Gasteiger partial charge in [0.2, 0.25) is 0 Å². The lowest BCUT2D eigenvalue weighted by Gasteiger charge is -2.32. The van der Waals surface area contributed by atoms with E-state index in [4.69, 9.17) is 9.31 Å². The number of aromatic nitrogens is 2. The zero-order chi connectivity index (χ0) is 26.6. The number of carbonyl (C=O) groups is 1. The van der Waals surface area contributed by atoms with E-state index in [0.717, 1.165) is 26.4 Å². The first-order chi connectivity index (χ1) is 16.7. The molecule has 1 aliphatic rings. The maximum absolute atomic E-state index is 15.7. The number of benzene rings is 2. The van der Waals surface area contributed by atoms with Gasteiger partial charge in [-0.2, -0.15) is 0 Å². The fraction of sp³-hybridized carbons (Fsp3) is 0.346. The van der Waals surface area contributed by atoms with Crippen LogP contribution in [0.3, 0.4) is 0 Å². The number of amides is 1. The van der Waals surface area contributed by atoms with Crippen molar-refractivity contribution in [2.45, 2.75) is 45.8 Å². The average Bonchev–Trinajstić information content (AvgIpc) is 3.03. The predicted molar refractivity (Wildman–Crippen MR) is 137 cm³/mol. The van der Waals surface area contributed by atoms with Crippen molar-refractivity contribution in [2.75, 3.05) is 5.32 Å². The quantitative estimate of drug-likeness (QED) is 0.565. The number of carbonyl (C=O) groups excluding carboxylic acids is 1. The molecule has 36 heavy (non-hydrogen) atoms. The van der Waals surface area contributed by atoms with Crippen LogP contribution in [-0.4, -0.2) is 33.4 Å². The van der Waals surface area contributed by atoms with Gasteiger partial charge >= 0.3 is 12.8 Å².